The zero-order chi connectivity index (χ0) is 29.8. The second kappa shape index (κ2) is 10.5. The summed E-state index contributed by atoms with van der Waals surface area (Å²) in [5.41, 5.74) is 4.93. The van der Waals surface area contributed by atoms with Crippen LogP contribution >= 0.6 is 0 Å². The van der Waals surface area contributed by atoms with E-state index >= 15 is 4.39 Å². The average molecular weight is 591 g/mol. The van der Waals surface area contributed by atoms with Gasteiger partial charge in [-0.25, -0.2) is 17.8 Å². The Bertz CT molecular complexity index is 1830. The number of carbonyl (C=O) groups is 2. The first-order valence-corrected chi connectivity index (χ1v) is 15.7. The van der Waals surface area contributed by atoms with Gasteiger partial charge in [-0.2, -0.15) is 0 Å². The largest absolute Gasteiger partial charge is 0.478 e. The van der Waals surface area contributed by atoms with Gasteiger partial charge in [-0.05, 0) is 72.9 Å². The van der Waals surface area contributed by atoms with E-state index in [0.29, 0.717) is 24.4 Å². The van der Waals surface area contributed by atoms with E-state index in [1.165, 1.54) is 12.3 Å². The van der Waals surface area contributed by atoms with Crippen LogP contribution in [0.25, 0.3) is 16.8 Å². The molecule has 0 radical (unpaired) electrons. The molecule has 2 amide bonds. The van der Waals surface area contributed by atoms with Gasteiger partial charge in [0.1, 0.15) is 5.65 Å². The Morgan fingerprint density at radius 3 is 2.57 bits per heavy atom. The molecule has 0 spiro atoms. The van der Waals surface area contributed by atoms with Gasteiger partial charge in [-0.15, -0.1) is 0 Å². The molecule has 218 valence electrons. The number of imidazole rings is 1. The van der Waals surface area contributed by atoms with Crippen molar-refractivity contribution in [1.82, 2.24) is 14.3 Å². The highest BCUT2D eigenvalue weighted by Crippen LogP contribution is 2.40. The number of pyridine rings is 1. The van der Waals surface area contributed by atoms with Crippen molar-refractivity contribution in [1.29, 1.82) is 0 Å². The Labute approximate surface area is 243 Å². The van der Waals surface area contributed by atoms with E-state index in [1.54, 1.807) is 41.0 Å². The first-order chi connectivity index (χ1) is 20.0. The summed E-state index contributed by atoms with van der Waals surface area (Å²) in [4.78, 5) is 33.5. The molecule has 4 aromatic rings. The summed E-state index contributed by atoms with van der Waals surface area (Å²) >= 11 is 0. The van der Waals surface area contributed by atoms with Gasteiger partial charge >= 0.3 is 0 Å². The summed E-state index contributed by atoms with van der Waals surface area (Å²) in [5.74, 6) is -0.845. The molecule has 2 aliphatic rings. The number of benzene rings is 2. The summed E-state index contributed by atoms with van der Waals surface area (Å²) in [6.07, 6.45) is 4.71. The van der Waals surface area contributed by atoms with Gasteiger partial charge in [0, 0.05) is 38.4 Å². The Balaban J connectivity index is 1.37. The predicted octanol–water partition coefficient (Wildman–Crippen LogP) is 4.50. The second-order valence-corrected chi connectivity index (χ2v) is 13.0. The van der Waals surface area contributed by atoms with Crippen LogP contribution in [0, 0.1) is 12.7 Å². The van der Waals surface area contributed by atoms with E-state index in [0.717, 1.165) is 40.9 Å². The third-order valence-electron chi connectivity index (χ3n) is 8.16. The molecule has 9 nitrogen and oxygen atoms in total. The van der Waals surface area contributed by atoms with Crippen molar-refractivity contribution in [2.45, 2.75) is 44.0 Å². The molecule has 1 unspecified atom stereocenters. The van der Waals surface area contributed by atoms with Crippen LogP contribution in [-0.4, -0.2) is 60.5 Å². The molecule has 4 heterocycles. The number of rotatable bonds is 5. The van der Waals surface area contributed by atoms with E-state index in [-0.39, 0.29) is 41.5 Å². The lowest BCUT2D eigenvalue weighted by molar-refractivity contribution is -0.130. The van der Waals surface area contributed by atoms with Crippen LogP contribution in [0.4, 0.5) is 10.1 Å². The van der Waals surface area contributed by atoms with E-state index in [1.807, 2.05) is 35.7 Å². The number of anilines is 1. The van der Waals surface area contributed by atoms with Crippen molar-refractivity contribution in [2.24, 2.45) is 0 Å². The average Bonchev–Trinajstić information content (AvgIpc) is 3.27. The van der Waals surface area contributed by atoms with Crippen LogP contribution in [0.5, 0.6) is 5.75 Å². The lowest BCUT2D eigenvalue weighted by Crippen LogP contribution is -2.40. The van der Waals surface area contributed by atoms with E-state index < -0.39 is 15.7 Å². The monoisotopic (exact) mass is 590 g/mol. The molecular weight excluding hydrogens is 559 g/mol. The number of hydrogen-bond acceptors (Lipinski definition) is 6. The summed E-state index contributed by atoms with van der Waals surface area (Å²) in [7, 11) is -3.31. The molecule has 0 bridgehead atoms. The van der Waals surface area contributed by atoms with Crippen LogP contribution in [0.15, 0.2) is 59.6 Å². The fraction of sp³-hybridized carbons (Fsp3) is 0.323. The van der Waals surface area contributed by atoms with E-state index in [4.69, 9.17) is 4.74 Å². The van der Waals surface area contributed by atoms with Crippen molar-refractivity contribution in [3.8, 4) is 16.9 Å². The number of sulfone groups is 1. The molecule has 0 N–H and O–H groups in total. The van der Waals surface area contributed by atoms with Gasteiger partial charge in [0.15, 0.2) is 28.0 Å². The number of aryl methyl sites for hydroxylation is 1. The molecule has 1 fully saturated rings. The molecule has 11 heteroatoms. The molecule has 0 aliphatic carbocycles. The summed E-state index contributed by atoms with van der Waals surface area (Å²) in [6.45, 7) is 4.46. The van der Waals surface area contributed by atoms with Gasteiger partial charge in [0.2, 0.25) is 5.91 Å². The lowest BCUT2D eigenvalue weighted by Gasteiger charge is -2.34. The molecule has 2 aromatic heterocycles. The van der Waals surface area contributed by atoms with E-state index in [9.17, 15) is 18.0 Å². The number of carbonyl (C=O) groups excluding carboxylic acids is 2. The minimum Gasteiger partial charge on any atom is -0.478 e. The SMILES string of the molecule is CC(=O)N1CCCC(c2cc(F)c3c(c2)N(Cc2c(C)nc4ccc(-c5ccc(S(C)(=O)=O)cc5)cn24)C(=O)CO3)C1. The van der Waals surface area contributed by atoms with Crippen LogP contribution in [0.1, 0.15) is 42.6 Å². The number of fused-ring (bicyclic) bond motifs is 2. The van der Waals surface area contributed by atoms with Crippen LogP contribution in [0.3, 0.4) is 0 Å². The molecule has 0 saturated carbocycles. The molecule has 6 rings (SSSR count). The molecule has 42 heavy (non-hydrogen) atoms. The van der Waals surface area contributed by atoms with Crippen LogP contribution < -0.4 is 9.64 Å². The van der Waals surface area contributed by atoms with Gasteiger partial charge in [-0.3, -0.25) is 14.5 Å². The lowest BCUT2D eigenvalue weighted by atomic mass is 9.89. The summed E-state index contributed by atoms with van der Waals surface area (Å²) < 4.78 is 46.6. The van der Waals surface area contributed by atoms with Crippen molar-refractivity contribution >= 4 is 33.0 Å². The predicted molar refractivity (Wildman–Crippen MR) is 156 cm³/mol. The Hall–Kier alpha value is -4.25. The number of piperidine rings is 1. The second-order valence-electron chi connectivity index (χ2n) is 11.0. The number of aromatic nitrogens is 2. The number of nitrogens with zero attached hydrogens (tertiary/aromatic N) is 4. The van der Waals surface area contributed by atoms with Gasteiger partial charge < -0.3 is 14.0 Å². The normalized spacial score (nSPS) is 17.3. The zero-order valence-electron chi connectivity index (χ0n) is 23.6. The Morgan fingerprint density at radius 2 is 1.86 bits per heavy atom. The summed E-state index contributed by atoms with van der Waals surface area (Å²) in [5, 5.41) is 0. The standard InChI is InChI=1S/C31H31FN4O5S/c1-19-28(35-16-23(8-11-29(35)33-19)21-6-9-25(10-7-21)42(3,39)40)17-36-27-14-24(13-26(32)31(27)41-18-30(36)38)22-5-4-12-34(15-22)20(2)37/h6-11,13-14,16,22H,4-5,12,15,17-18H2,1-3H3. The number of ether oxygens (including phenoxy) is 1. The van der Waals surface area contributed by atoms with Gasteiger partial charge in [-0.1, -0.05) is 12.1 Å². The van der Waals surface area contributed by atoms with Crippen molar-refractivity contribution in [2.75, 3.05) is 30.9 Å². The van der Waals surface area contributed by atoms with Crippen LogP contribution in [-0.2, 0) is 26.0 Å². The van der Waals surface area contributed by atoms with Gasteiger partial charge in [0.05, 0.1) is 28.5 Å². The van der Waals surface area contributed by atoms with Crippen molar-refractivity contribution in [3.05, 3.63) is 77.5 Å². The molecular formula is C31H31FN4O5S. The maximum absolute atomic E-state index is 15.4. The van der Waals surface area contributed by atoms with Gasteiger partial charge in [0.25, 0.3) is 5.91 Å². The molecule has 1 atom stereocenters. The maximum Gasteiger partial charge on any atom is 0.265 e. The first kappa shape index (κ1) is 27.9. The summed E-state index contributed by atoms with van der Waals surface area (Å²) in [6, 6.07) is 13.7. The third-order valence-corrected chi connectivity index (χ3v) is 9.29. The number of likely N-dealkylation sites (tertiary alicyclic amines) is 1. The third kappa shape index (κ3) is 5.13. The molecule has 2 aliphatic heterocycles. The topological polar surface area (TPSA) is 101 Å². The maximum atomic E-state index is 15.4. The zero-order valence-corrected chi connectivity index (χ0v) is 24.4. The number of halogens is 1. The molecule has 1 saturated heterocycles. The highest BCUT2D eigenvalue weighted by atomic mass is 32.2. The smallest absolute Gasteiger partial charge is 0.265 e. The fourth-order valence-corrected chi connectivity index (χ4v) is 6.48. The fourth-order valence-electron chi connectivity index (χ4n) is 5.85. The highest BCUT2D eigenvalue weighted by Gasteiger charge is 2.32. The van der Waals surface area contributed by atoms with Crippen LogP contribution in [0.2, 0.25) is 0 Å². The van der Waals surface area contributed by atoms with Crippen molar-refractivity contribution < 1.29 is 27.1 Å². The van der Waals surface area contributed by atoms with E-state index in [2.05, 4.69) is 4.98 Å². The number of amides is 2. The minimum atomic E-state index is -3.31. The minimum absolute atomic E-state index is 0.00735. The quantitative estimate of drug-likeness (QED) is 0.339. The Kier molecular flexibility index (Phi) is 7.00. The first-order valence-electron chi connectivity index (χ1n) is 13.8. The highest BCUT2D eigenvalue weighted by molar-refractivity contribution is 7.90. The van der Waals surface area contributed by atoms with Crippen molar-refractivity contribution in [3.63, 3.8) is 0 Å². The number of hydrogen-bond donors (Lipinski definition) is 0. The molecule has 2 aromatic carbocycles. The Morgan fingerprint density at radius 1 is 1.12 bits per heavy atom.